The Labute approximate surface area is 102 Å². The third-order valence-corrected chi connectivity index (χ3v) is 2.72. The number of benzene rings is 1. The first-order chi connectivity index (χ1) is 8.33. The fourth-order valence-electron chi connectivity index (χ4n) is 1.75. The molecular weight excluding hydrogens is 212 g/mol. The van der Waals surface area contributed by atoms with E-state index in [2.05, 4.69) is 12.2 Å². The average Bonchev–Trinajstić information content (AvgIpc) is 2.86. The molecule has 3 nitrogen and oxygen atoms in total. The van der Waals surface area contributed by atoms with Crippen molar-refractivity contribution < 1.29 is 4.42 Å². The van der Waals surface area contributed by atoms with Gasteiger partial charge in [-0.05, 0) is 24.3 Å². The van der Waals surface area contributed by atoms with Gasteiger partial charge >= 0.3 is 0 Å². The van der Waals surface area contributed by atoms with E-state index in [-0.39, 0.29) is 6.04 Å². The number of para-hydroxylation sites is 1. The zero-order valence-electron chi connectivity index (χ0n) is 10.0. The lowest BCUT2D eigenvalue weighted by molar-refractivity contribution is 0.448. The van der Waals surface area contributed by atoms with Crippen molar-refractivity contribution in [1.82, 2.24) is 0 Å². The SMILES string of the molecule is CCc1ccc(C(CN)Nc2ccccc2)o1. The van der Waals surface area contributed by atoms with Gasteiger partial charge in [0.15, 0.2) is 0 Å². The number of rotatable bonds is 5. The second-order valence-corrected chi connectivity index (χ2v) is 3.96. The number of nitrogens with one attached hydrogen (secondary N) is 1. The molecule has 1 heterocycles. The number of aryl methyl sites for hydroxylation is 1. The molecule has 0 fully saturated rings. The maximum absolute atomic E-state index is 5.78. The van der Waals surface area contributed by atoms with Gasteiger partial charge in [0.25, 0.3) is 0 Å². The van der Waals surface area contributed by atoms with E-state index < -0.39 is 0 Å². The summed E-state index contributed by atoms with van der Waals surface area (Å²) in [5.74, 6) is 1.89. The molecule has 0 aliphatic rings. The van der Waals surface area contributed by atoms with E-state index in [9.17, 15) is 0 Å². The molecule has 17 heavy (non-hydrogen) atoms. The van der Waals surface area contributed by atoms with Gasteiger partial charge < -0.3 is 15.5 Å². The first-order valence-corrected chi connectivity index (χ1v) is 5.93. The smallest absolute Gasteiger partial charge is 0.127 e. The van der Waals surface area contributed by atoms with Gasteiger partial charge in [-0.2, -0.15) is 0 Å². The number of nitrogens with two attached hydrogens (primary N) is 1. The Hall–Kier alpha value is -1.74. The van der Waals surface area contributed by atoms with Crippen LogP contribution in [0.15, 0.2) is 46.9 Å². The van der Waals surface area contributed by atoms with Crippen LogP contribution in [-0.2, 0) is 6.42 Å². The predicted octanol–water partition coefficient (Wildman–Crippen LogP) is 2.95. The minimum Gasteiger partial charge on any atom is -0.464 e. The first kappa shape index (κ1) is 11.7. The fraction of sp³-hybridized carbons (Fsp3) is 0.286. The van der Waals surface area contributed by atoms with Crippen molar-refractivity contribution >= 4 is 5.69 Å². The Morgan fingerprint density at radius 2 is 1.94 bits per heavy atom. The van der Waals surface area contributed by atoms with Crippen molar-refractivity contribution in [2.75, 3.05) is 11.9 Å². The fourth-order valence-corrected chi connectivity index (χ4v) is 1.75. The summed E-state index contributed by atoms with van der Waals surface area (Å²) in [6.07, 6.45) is 0.905. The lowest BCUT2D eigenvalue weighted by Gasteiger charge is -2.15. The van der Waals surface area contributed by atoms with Gasteiger partial charge in [-0.3, -0.25) is 0 Å². The van der Waals surface area contributed by atoms with E-state index in [0.29, 0.717) is 6.54 Å². The Morgan fingerprint density at radius 1 is 1.18 bits per heavy atom. The molecule has 0 aliphatic carbocycles. The van der Waals surface area contributed by atoms with E-state index in [0.717, 1.165) is 23.6 Å². The molecule has 1 aromatic heterocycles. The Balaban J connectivity index is 2.11. The van der Waals surface area contributed by atoms with Crippen molar-refractivity contribution in [1.29, 1.82) is 0 Å². The molecule has 0 radical (unpaired) electrons. The minimum atomic E-state index is 0.0256. The van der Waals surface area contributed by atoms with E-state index in [1.807, 2.05) is 42.5 Å². The van der Waals surface area contributed by atoms with Gasteiger partial charge in [-0.15, -0.1) is 0 Å². The summed E-state index contributed by atoms with van der Waals surface area (Å²) in [5, 5.41) is 3.36. The predicted molar refractivity (Wildman–Crippen MR) is 69.9 cm³/mol. The second kappa shape index (κ2) is 5.55. The number of hydrogen-bond acceptors (Lipinski definition) is 3. The first-order valence-electron chi connectivity index (χ1n) is 5.93. The van der Waals surface area contributed by atoms with Crippen LogP contribution in [0.25, 0.3) is 0 Å². The van der Waals surface area contributed by atoms with E-state index in [1.54, 1.807) is 0 Å². The largest absolute Gasteiger partial charge is 0.464 e. The van der Waals surface area contributed by atoms with Crippen LogP contribution in [0.2, 0.25) is 0 Å². The van der Waals surface area contributed by atoms with Gasteiger partial charge in [0.1, 0.15) is 11.5 Å². The quantitative estimate of drug-likeness (QED) is 0.830. The normalized spacial score (nSPS) is 12.4. The van der Waals surface area contributed by atoms with Crippen molar-refractivity contribution in [3.63, 3.8) is 0 Å². The van der Waals surface area contributed by atoms with Crippen molar-refractivity contribution in [2.45, 2.75) is 19.4 Å². The Morgan fingerprint density at radius 3 is 2.53 bits per heavy atom. The third kappa shape index (κ3) is 2.88. The molecule has 0 amide bonds. The number of hydrogen-bond donors (Lipinski definition) is 2. The highest BCUT2D eigenvalue weighted by Gasteiger charge is 2.13. The minimum absolute atomic E-state index is 0.0256. The van der Waals surface area contributed by atoms with Crippen LogP contribution in [-0.4, -0.2) is 6.54 Å². The molecule has 1 aromatic carbocycles. The van der Waals surface area contributed by atoms with Crippen molar-refractivity contribution in [3.05, 3.63) is 54.0 Å². The monoisotopic (exact) mass is 230 g/mol. The third-order valence-electron chi connectivity index (χ3n) is 2.72. The molecule has 0 spiro atoms. The molecule has 3 N–H and O–H groups in total. The van der Waals surface area contributed by atoms with Crippen LogP contribution in [0.5, 0.6) is 0 Å². The summed E-state index contributed by atoms with van der Waals surface area (Å²) in [6.45, 7) is 2.58. The second-order valence-electron chi connectivity index (χ2n) is 3.96. The highest BCUT2D eigenvalue weighted by atomic mass is 16.3. The molecule has 90 valence electrons. The molecule has 1 atom stereocenters. The highest BCUT2D eigenvalue weighted by molar-refractivity contribution is 5.44. The van der Waals surface area contributed by atoms with Crippen LogP contribution in [0.3, 0.4) is 0 Å². The van der Waals surface area contributed by atoms with Gasteiger partial charge in [0.05, 0.1) is 6.04 Å². The molecular formula is C14H18N2O. The highest BCUT2D eigenvalue weighted by Crippen LogP contribution is 2.21. The summed E-state index contributed by atoms with van der Waals surface area (Å²) < 4.78 is 5.72. The molecule has 2 aromatic rings. The van der Waals surface area contributed by atoms with Gasteiger partial charge in [0.2, 0.25) is 0 Å². The Bertz CT molecular complexity index is 450. The van der Waals surface area contributed by atoms with Crippen molar-refractivity contribution in [2.24, 2.45) is 5.73 Å². The lowest BCUT2D eigenvalue weighted by Crippen LogP contribution is -2.19. The van der Waals surface area contributed by atoms with Crippen LogP contribution in [0.4, 0.5) is 5.69 Å². The number of anilines is 1. The zero-order valence-corrected chi connectivity index (χ0v) is 10.0. The van der Waals surface area contributed by atoms with Crippen LogP contribution in [0.1, 0.15) is 24.5 Å². The number of furan rings is 1. The maximum atomic E-state index is 5.78. The van der Waals surface area contributed by atoms with Crippen LogP contribution in [0, 0.1) is 0 Å². The summed E-state index contributed by atoms with van der Waals surface area (Å²) >= 11 is 0. The van der Waals surface area contributed by atoms with Crippen LogP contribution < -0.4 is 11.1 Å². The Kier molecular flexibility index (Phi) is 3.83. The summed E-state index contributed by atoms with van der Waals surface area (Å²) in [7, 11) is 0. The zero-order chi connectivity index (χ0) is 12.1. The van der Waals surface area contributed by atoms with Crippen molar-refractivity contribution in [3.8, 4) is 0 Å². The van der Waals surface area contributed by atoms with Gasteiger partial charge in [-0.1, -0.05) is 25.1 Å². The van der Waals surface area contributed by atoms with E-state index in [4.69, 9.17) is 10.2 Å². The maximum Gasteiger partial charge on any atom is 0.127 e. The molecule has 0 bridgehead atoms. The topological polar surface area (TPSA) is 51.2 Å². The summed E-state index contributed by atoms with van der Waals surface area (Å²) in [4.78, 5) is 0. The molecule has 0 saturated carbocycles. The molecule has 3 heteroatoms. The molecule has 2 rings (SSSR count). The summed E-state index contributed by atoms with van der Waals surface area (Å²) in [5.41, 5.74) is 6.83. The average molecular weight is 230 g/mol. The van der Waals surface area contributed by atoms with Crippen LogP contribution >= 0.6 is 0 Å². The van der Waals surface area contributed by atoms with E-state index in [1.165, 1.54) is 0 Å². The standard InChI is InChI=1S/C14H18N2O/c1-2-12-8-9-14(17-12)13(10-15)16-11-6-4-3-5-7-11/h3-9,13,16H,2,10,15H2,1H3. The van der Waals surface area contributed by atoms with Gasteiger partial charge in [0, 0.05) is 18.7 Å². The van der Waals surface area contributed by atoms with Gasteiger partial charge in [-0.25, -0.2) is 0 Å². The molecule has 0 saturated heterocycles. The lowest BCUT2D eigenvalue weighted by atomic mass is 10.2. The molecule has 0 aliphatic heterocycles. The summed E-state index contributed by atoms with van der Waals surface area (Å²) in [6, 6.07) is 14.0. The molecule has 1 unspecified atom stereocenters. The van der Waals surface area contributed by atoms with E-state index >= 15 is 0 Å².